The quantitative estimate of drug-likeness (QED) is 0.125. The standard InChI is InChI=1S/C18H11.C16H14.C4H10N.C2H7Si.Ti/c1-2-5-13(6-3-1)17-10-9-16-11-14-7-4-8-15(14)12-18(16)17;1-3-9-15(10-4-1)13-7-8-14-16-11-5-2-6-12-16;1-4(2,3)5;1-3-2;/h1-8,10-12H;1-14H;5H,1-3H3;3H,1-2H3;/q-1;;-1;;+2. The zero-order chi connectivity index (χ0) is 30.2. The van der Waals surface area contributed by atoms with Crippen LogP contribution in [0.2, 0.25) is 13.1 Å². The first kappa shape index (κ1) is 35.7. The summed E-state index contributed by atoms with van der Waals surface area (Å²) in [5.41, 5.74) is 14.3. The summed E-state index contributed by atoms with van der Waals surface area (Å²) in [6, 6.07) is 35.6. The molecule has 0 aliphatic heterocycles. The predicted molar refractivity (Wildman–Crippen MR) is 190 cm³/mol. The van der Waals surface area contributed by atoms with Crippen LogP contribution in [0.1, 0.15) is 48.6 Å². The van der Waals surface area contributed by atoms with E-state index in [-0.39, 0.29) is 27.3 Å². The fraction of sp³-hybridized carbons (Fsp3) is 0.150. The van der Waals surface area contributed by atoms with E-state index >= 15 is 0 Å². The maximum Gasteiger partial charge on any atom is 2.00 e. The number of allylic oxidation sites excluding steroid dienone is 4. The molecule has 0 spiro atoms. The summed E-state index contributed by atoms with van der Waals surface area (Å²) in [7, 11) is 0.750. The van der Waals surface area contributed by atoms with Gasteiger partial charge in [0.15, 0.2) is 0 Å². The Labute approximate surface area is 276 Å². The van der Waals surface area contributed by atoms with Crippen LogP contribution in [0.15, 0.2) is 127 Å². The van der Waals surface area contributed by atoms with Crippen molar-refractivity contribution in [3.8, 4) is 0 Å². The minimum atomic E-state index is -0.250. The van der Waals surface area contributed by atoms with Crippen LogP contribution in [0, 0.1) is 0 Å². The molecule has 0 saturated heterocycles. The van der Waals surface area contributed by atoms with Crippen LogP contribution in [0.25, 0.3) is 41.7 Å². The molecule has 1 nitrogen and oxygen atoms in total. The Morgan fingerprint density at radius 3 is 1.67 bits per heavy atom. The summed E-state index contributed by atoms with van der Waals surface area (Å²) >= 11 is 0. The van der Waals surface area contributed by atoms with E-state index in [4.69, 9.17) is 5.73 Å². The van der Waals surface area contributed by atoms with Crippen molar-refractivity contribution < 1.29 is 21.7 Å². The van der Waals surface area contributed by atoms with E-state index in [2.05, 4.69) is 128 Å². The van der Waals surface area contributed by atoms with Gasteiger partial charge in [-0.1, -0.05) is 185 Å². The molecule has 1 N–H and O–H groups in total. The molecule has 0 fully saturated rings. The van der Waals surface area contributed by atoms with Gasteiger partial charge in [0.2, 0.25) is 0 Å². The second-order valence-corrected chi connectivity index (χ2v) is 12.1. The molecule has 0 aromatic heterocycles. The Morgan fingerprint density at radius 2 is 1.19 bits per heavy atom. The first-order valence-electron chi connectivity index (χ1n) is 14.4. The molecule has 2 aliphatic rings. The SMILES string of the molecule is C(C=Cc1ccccc1)=Cc1ccccc1.CC(C)(C)[NH-].C[SiH]C.[C-]1=c2cc3c(cc2C(c2ccccc2)=C1)=CC=C3.[Ti+2]. The molecular formula is C40H42NSiTi. The maximum atomic E-state index is 6.94. The van der Waals surface area contributed by atoms with Gasteiger partial charge in [0.1, 0.15) is 0 Å². The molecule has 4 aromatic carbocycles. The molecule has 4 aromatic rings. The average molecular weight is 613 g/mol. The van der Waals surface area contributed by atoms with Crippen LogP contribution in [0.3, 0.4) is 0 Å². The van der Waals surface area contributed by atoms with Crippen LogP contribution in [-0.2, 0) is 21.7 Å². The average Bonchev–Trinajstić information content (AvgIpc) is 3.62. The van der Waals surface area contributed by atoms with E-state index in [1.807, 2.05) is 63.2 Å². The summed E-state index contributed by atoms with van der Waals surface area (Å²) in [4.78, 5) is 0. The first-order valence-corrected chi connectivity index (χ1v) is 16.7. The Bertz CT molecular complexity index is 1570. The van der Waals surface area contributed by atoms with Crippen LogP contribution < -0.4 is 10.4 Å². The number of benzene rings is 4. The van der Waals surface area contributed by atoms with Crippen molar-refractivity contribution in [2.45, 2.75) is 39.4 Å². The Morgan fingerprint density at radius 1 is 0.721 bits per heavy atom. The van der Waals surface area contributed by atoms with E-state index in [1.165, 1.54) is 43.8 Å². The van der Waals surface area contributed by atoms with Crippen molar-refractivity contribution in [2.24, 2.45) is 0 Å². The van der Waals surface area contributed by atoms with Crippen molar-refractivity contribution in [1.29, 1.82) is 0 Å². The fourth-order valence-electron chi connectivity index (χ4n) is 4.07. The smallest absolute Gasteiger partial charge is 0.673 e. The zero-order valence-corrected chi connectivity index (χ0v) is 28.7. The summed E-state index contributed by atoms with van der Waals surface area (Å²) in [6.07, 6.45) is 20.2. The van der Waals surface area contributed by atoms with Crippen molar-refractivity contribution in [2.75, 3.05) is 0 Å². The summed E-state index contributed by atoms with van der Waals surface area (Å²) < 4.78 is 0. The molecule has 0 heterocycles. The maximum absolute atomic E-state index is 6.94. The topological polar surface area (TPSA) is 23.8 Å². The Balaban J connectivity index is 0.000000238. The number of fused-ring (bicyclic) bond motifs is 2. The van der Waals surface area contributed by atoms with Gasteiger partial charge in [0.05, 0.1) is 0 Å². The van der Waals surface area contributed by atoms with Crippen LogP contribution in [0.4, 0.5) is 0 Å². The van der Waals surface area contributed by atoms with Gasteiger partial charge < -0.3 is 5.73 Å². The van der Waals surface area contributed by atoms with Crippen molar-refractivity contribution in [3.63, 3.8) is 0 Å². The third-order valence-electron chi connectivity index (χ3n) is 5.81. The fourth-order valence-corrected chi connectivity index (χ4v) is 4.07. The van der Waals surface area contributed by atoms with Gasteiger partial charge in [-0.15, -0.1) is 34.9 Å². The van der Waals surface area contributed by atoms with E-state index < -0.39 is 0 Å². The van der Waals surface area contributed by atoms with Crippen LogP contribution in [-0.4, -0.2) is 15.1 Å². The molecule has 43 heavy (non-hydrogen) atoms. The van der Waals surface area contributed by atoms with Gasteiger partial charge in [-0.05, 0) is 16.3 Å². The minimum absolute atomic E-state index is 0. The molecule has 0 unspecified atom stereocenters. The van der Waals surface area contributed by atoms with Gasteiger partial charge >= 0.3 is 21.7 Å². The number of nitrogens with one attached hydrogen (secondary N) is 1. The molecule has 215 valence electrons. The molecule has 0 saturated carbocycles. The molecule has 0 amide bonds. The second kappa shape index (κ2) is 18.9. The molecule has 0 bridgehead atoms. The van der Waals surface area contributed by atoms with Crippen molar-refractivity contribution in [3.05, 3.63) is 171 Å². The van der Waals surface area contributed by atoms with E-state index in [0.29, 0.717) is 0 Å². The van der Waals surface area contributed by atoms with Gasteiger partial charge in [-0.25, -0.2) is 0 Å². The summed E-state index contributed by atoms with van der Waals surface area (Å²) in [5, 5.41) is 2.51. The summed E-state index contributed by atoms with van der Waals surface area (Å²) in [6.45, 7) is 9.98. The van der Waals surface area contributed by atoms with Crippen LogP contribution >= 0.6 is 0 Å². The predicted octanol–water partition coefficient (Wildman–Crippen LogP) is 9.36. The first-order chi connectivity index (χ1) is 20.3. The van der Waals surface area contributed by atoms with Gasteiger partial charge in [0, 0.05) is 9.52 Å². The Kier molecular flexibility index (Phi) is 15.7. The van der Waals surface area contributed by atoms with Gasteiger partial charge in [-0.3, -0.25) is 0 Å². The molecule has 1 radical (unpaired) electrons. The number of hydrogen-bond donors (Lipinski definition) is 0. The van der Waals surface area contributed by atoms with E-state index in [9.17, 15) is 0 Å². The second-order valence-electron chi connectivity index (χ2n) is 11.0. The minimum Gasteiger partial charge on any atom is -0.673 e. The molecule has 3 heteroatoms. The van der Waals surface area contributed by atoms with Crippen molar-refractivity contribution >= 4 is 45.5 Å². The third-order valence-corrected chi connectivity index (χ3v) is 5.81. The van der Waals surface area contributed by atoms with Crippen LogP contribution in [0.5, 0.6) is 0 Å². The number of hydrogen-bond acceptors (Lipinski definition) is 0. The van der Waals surface area contributed by atoms with E-state index in [1.54, 1.807) is 0 Å². The van der Waals surface area contributed by atoms with Gasteiger partial charge in [0.25, 0.3) is 0 Å². The van der Waals surface area contributed by atoms with Crippen molar-refractivity contribution in [1.82, 2.24) is 0 Å². The Hall–Kier alpha value is -3.53. The zero-order valence-electron chi connectivity index (χ0n) is 26.0. The summed E-state index contributed by atoms with van der Waals surface area (Å²) in [5.74, 6) is 0. The molecule has 6 rings (SSSR count). The number of rotatable bonds is 4. The normalized spacial score (nSPS) is 12.1. The monoisotopic (exact) mass is 612 g/mol. The third kappa shape index (κ3) is 13.1. The molecule has 0 atom stereocenters. The van der Waals surface area contributed by atoms with E-state index in [0.717, 1.165) is 9.52 Å². The molecular weight excluding hydrogens is 570 g/mol. The molecule has 2 aliphatic carbocycles. The largest absolute Gasteiger partial charge is 2.00 e. The van der Waals surface area contributed by atoms with Gasteiger partial charge in [-0.2, -0.15) is 5.22 Å².